The Morgan fingerprint density at radius 3 is 2.69 bits per heavy atom. The first-order chi connectivity index (χ1) is 7.54. The standard InChI is InChI=1S/C10H11NO5/c1-16-5-9(13)11-8-3-2-6(12)4-7(8)10(14)15/h2-4,12H,5H2,1H3,(H,11,13)(H,14,15). The number of carbonyl (C=O) groups excluding carboxylic acids is 1. The smallest absolute Gasteiger partial charge is 0.337 e. The number of ether oxygens (including phenoxy) is 1. The maximum Gasteiger partial charge on any atom is 0.337 e. The van der Waals surface area contributed by atoms with Crippen molar-refractivity contribution in [1.82, 2.24) is 0 Å². The SMILES string of the molecule is COCC(=O)Nc1ccc(O)cc1C(=O)O. The molecule has 0 radical (unpaired) electrons. The number of hydrogen-bond donors (Lipinski definition) is 3. The van der Waals surface area contributed by atoms with Crippen LogP contribution in [0.1, 0.15) is 10.4 Å². The summed E-state index contributed by atoms with van der Waals surface area (Å²) in [5.74, 6) is -1.87. The normalized spacial score (nSPS) is 9.81. The minimum atomic E-state index is -1.23. The molecule has 0 heterocycles. The van der Waals surface area contributed by atoms with Gasteiger partial charge in [-0.15, -0.1) is 0 Å². The molecule has 6 nitrogen and oxygen atoms in total. The first kappa shape index (κ1) is 12.0. The van der Waals surface area contributed by atoms with E-state index in [2.05, 4.69) is 10.1 Å². The lowest BCUT2D eigenvalue weighted by Crippen LogP contribution is -2.18. The summed E-state index contributed by atoms with van der Waals surface area (Å²) < 4.78 is 4.59. The number of rotatable bonds is 4. The summed E-state index contributed by atoms with van der Waals surface area (Å²) in [6.45, 7) is -0.167. The number of methoxy groups -OCH3 is 1. The van der Waals surface area contributed by atoms with Crippen molar-refractivity contribution >= 4 is 17.6 Å². The van der Waals surface area contributed by atoms with Crippen molar-refractivity contribution in [1.29, 1.82) is 0 Å². The molecule has 3 N–H and O–H groups in total. The molecule has 6 heteroatoms. The molecule has 0 aliphatic rings. The van der Waals surface area contributed by atoms with E-state index in [1.807, 2.05) is 0 Å². The molecular weight excluding hydrogens is 214 g/mol. The summed E-state index contributed by atoms with van der Waals surface area (Å²) in [5, 5.41) is 20.3. The van der Waals surface area contributed by atoms with Crippen LogP contribution in [-0.4, -0.2) is 35.8 Å². The largest absolute Gasteiger partial charge is 0.508 e. The fourth-order valence-corrected chi connectivity index (χ4v) is 1.14. The Morgan fingerprint density at radius 1 is 1.44 bits per heavy atom. The Hall–Kier alpha value is -2.08. The van der Waals surface area contributed by atoms with Crippen LogP contribution in [0.25, 0.3) is 0 Å². The molecule has 0 saturated carbocycles. The number of phenols is 1. The van der Waals surface area contributed by atoms with E-state index < -0.39 is 11.9 Å². The van der Waals surface area contributed by atoms with Gasteiger partial charge in [-0.2, -0.15) is 0 Å². The van der Waals surface area contributed by atoms with E-state index >= 15 is 0 Å². The van der Waals surface area contributed by atoms with Crippen molar-refractivity contribution in [2.45, 2.75) is 0 Å². The van der Waals surface area contributed by atoms with Gasteiger partial charge in [0.15, 0.2) is 0 Å². The zero-order valence-electron chi connectivity index (χ0n) is 8.56. The van der Waals surface area contributed by atoms with Crippen LogP contribution in [0, 0.1) is 0 Å². The number of hydrogen-bond acceptors (Lipinski definition) is 4. The highest BCUT2D eigenvalue weighted by atomic mass is 16.5. The van der Waals surface area contributed by atoms with Crippen molar-refractivity contribution in [2.24, 2.45) is 0 Å². The van der Waals surface area contributed by atoms with Crippen molar-refractivity contribution in [3.63, 3.8) is 0 Å². The van der Waals surface area contributed by atoms with Crippen LogP contribution in [0.2, 0.25) is 0 Å². The second kappa shape index (κ2) is 5.13. The molecule has 1 rings (SSSR count). The third kappa shape index (κ3) is 2.96. The monoisotopic (exact) mass is 225 g/mol. The van der Waals surface area contributed by atoms with Crippen LogP contribution in [0.15, 0.2) is 18.2 Å². The molecular formula is C10H11NO5. The Labute approximate surface area is 91.5 Å². The van der Waals surface area contributed by atoms with Gasteiger partial charge in [0.2, 0.25) is 5.91 Å². The third-order valence-electron chi connectivity index (χ3n) is 1.78. The zero-order chi connectivity index (χ0) is 12.1. The summed E-state index contributed by atoms with van der Waals surface area (Å²) in [4.78, 5) is 22.0. The second-order valence-electron chi connectivity index (χ2n) is 3.02. The Kier molecular flexibility index (Phi) is 3.84. The molecule has 1 amide bonds. The Balaban J connectivity index is 2.95. The van der Waals surface area contributed by atoms with Gasteiger partial charge in [-0.3, -0.25) is 4.79 Å². The molecule has 0 aliphatic heterocycles. The number of amides is 1. The van der Waals surface area contributed by atoms with E-state index in [1.165, 1.54) is 19.2 Å². The Morgan fingerprint density at radius 2 is 2.12 bits per heavy atom. The number of carboxylic acids is 1. The lowest BCUT2D eigenvalue weighted by Gasteiger charge is -2.08. The molecule has 0 spiro atoms. The van der Waals surface area contributed by atoms with Gasteiger partial charge >= 0.3 is 5.97 Å². The van der Waals surface area contributed by atoms with Gasteiger partial charge in [0.05, 0.1) is 11.3 Å². The van der Waals surface area contributed by atoms with Gasteiger partial charge in [-0.25, -0.2) is 4.79 Å². The quantitative estimate of drug-likeness (QED) is 0.654. The summed E-state index contributed by atoms with van der Waals surface area (Å²) in [6.07, 6.45) is 0. The maximum absolute atomic E-state index is 11.2. The van der Waals surface area contributed by atoms with Crippen LogP contribution in [0.5, 0.6) is 5.75 Å². The number of phenolic OH excluding ortho intramolecular Hbond substituents is 1. The van der Waals surface area contributed by atoms with Crippen LogP contribution in [-0.2, 0) is 9.53 Å². The minimum absolute atomic E-state index is 0.118. The number of benzene rings is 1. The van der Waals surface area contributed by atoms with Crippen molar-refractivity contribution in [3.8, 4) is 5.75 Å². The van der Waals surface area contributed by atoms with Gasteiger partial charge in [-0.05, 0) is 18.2 Å². The number of carboxylic acid groups (broad SMARTS) is 1. The topological polar surface area (TPSA) is 95.9 Å². The van der Waals surface area contributed by atoms with E-state index in [4.69, 9.17) is 10.2 Å². The highest BCUT2D eigenvalue weighted by molar-refractivity contribution is 6.01. The number of carbonyl (C=O) groups is 2. The average molecular weight is 225 g/mol. The van der Waals surface area contributed by atoms with E-state index in [1.54, 1.807) is 0 Å². The van der Waals surface area contributed by atoms with Crippen molar-refractivity contribution in [2.75, 3.05) is 19.0 Å². The molecule has 0 unspecified atom stereocenters. The minimum Gasteiger partial charge on any atom is -0.508 e. The van der Waals surface area contributed by atoms with Crippen LogP contribution in [0.4, 0.5) is 5.69 Å². The zero-order valence-corrected chi connectivity index (χ0v) is 8.56. The summed E-state index contributed by atoms with van der Waals surface area (Å²) in [7, 11) is 1.36. The lowest BCUT2D eigenvalue weighted by atomic mass is 10.1. The van der Waals surface area contributed by atoms with E-state index in [0.717, 1.165) is 6.07 Å². The van der Waals surface area contributed by atoms with Crippen LogP contribution in [0.3, 0.4) is 0 Å². The van der Waals surface area contributed by atoms with E-state index in [0.29, 0.717) is 0 Å². The molecule has 1 aromatic carbocycles. The van der Waals surface area contributed by atoms with Gasteiger partial charge < -0.3 is 20.3 Å². The number of anilines is 1. The highest BCUT2D eigenvalue weighted by Gasteiger charge is 2.12. The van der Waals surface area contributed by atoms with Gasteiger partial charge in [0.1, 0.15) is 12.4 Å². The van der Waals surface area contributed by atoms with Crippen molar-refractivity contribution in [3.05, 3.63) is 23.8 Å². The number of nitrogens with one attached hydrogen (secondary N) is 1. The fraction of sp³-hybridized carbons (Fsp3) is 0.200. The molecule has 16 heavy (non-hydrogen) atoms. The summed E-state index contributed by atoms with van der Waals surface area (Å²) in [6, 6.07) is 3.66. The number of aromatic hydroxyl groups is 1. The molecule has 1 aromatic rings. The first-order valence-electron chi connectivity index (χ1n) is 4.39. The molecule has 0 aliphatic carbocycles. The predicted octanol–water partition coefficient (Wildman–Crippen LogP) is 0.675. The highest BCUT2D eigenvalue weighted by Crippen LogP contribution is 2.21. The molecule has 0 aromatic heterocycles. The molecule has 0 fully saturated rings. The predicted molar refractivity (Wildman–Crippen MR) is 55.6 cm³/mol. The summed E-state index contributed by atoms with van der Waals surface area (Å²) >= 11 is 0. The first-order valence-corrected chi connectivity index (χ1v) is 4.39. The lowest BCUT2D eigenvalue weighted by molar-refractivity contribution is -0.119. The van der Waals surface area contributed by atoms with Crippen LogP contribution < -0.4 is 5.32 Å². The number of aromatic carboxylic acids is 1. The van der Waals surface area contributed by atoms with Gasteiger partial charge in [-0.1, -0.05) is 0 Å². The summed E-state index contributed by atoms with van der Waals surface area (Å²) in [5.41, 5.74) is -0.0585. The molecule has 0 bridgehead atoms. The van der Waals surface area contributed by atoms with E-state index in [-0.39, 0.29) is 23.6 Å². The Bertz CT molecular complexity index is 416. The molecule has 0 saturated heterocycles. The van der Waals surface area contributed by atoms with E-state index in [9.17, 15) is 9.59 Å². The average Bonchev–Trinajstić information content (AvgIpc) is 2.20. The van der Waals surface area contributed by atoms with Crippen LogP contribution >= 0.6 is 0 Å². The second-order valence-corrected chi connectivity index (χ2v) is 3.02. The van der Waals surface area contributed by atoms with Crippen molar-refractivity contribution < 1.29 is 24.5 Å². The molecule has 0 atom stereocenters. The maximum atomic E-state index is 11.2. The van der Waals surface area contributed by atoms with Gasteiger partial charge in [0, 0.05) is 7.11 Å². The van der Waals surface area contributed by atoms with Gasteiger partial charge in [0.25, 0.3) is 0 Å². The molecule has 86 valence electrons. The fourth-order valence-electron chi connectivity index (χ4n) is 1.14. The third-order valence-corrected chi connectivity index (χ3v) is 1.78.